The van der Waals surface area contributed by atoms with Gasteiger partial charge in [-0.3, -0.25) is 57.5 Å². The van der Waals surface area contributed by atoms with Crippen molar-refractivity contribution in [1.82, 2.24) is 60.0 Å². The van der Waals surface area contributed by atoms with Crippen molar-refractivity contribution in [3.05, 3.63) is 34.3 Å². The molecular weight excluding hydrogens is 1330 g/mol. The first-order valence-electron chi connectivity index (χ1n) is 36.8. The molecule has 3 saturated heterocycles. The topological polar surface area (TPSA) is 270 Å². The van der Waals surface area contributed by atoms with Crippen LogP contribution in [-0.2, 0) is 70.1 Å². The van der Waals surface area contributed by atoms with Crippen LogP contribution in [-0.4, -0.2) is 251 Å². The van der Waals surface area contributed by atoms with Gasteiger partial charge < -0.3 is 60.0 Å². The summed E-state index contributed by atoms with van der Waals surface area (Å²) in [5, 5.41) is 8.25. The van der Waals surface area contributed by atoms with Crippen molar-refractivity contribution in [2.45, 2.75) is 242 Å². The second-order valence-corrected chi connectivity index (χ2v) is 30.9. The number of alkyl halides is 3. The Hall–Kier alpha value is -7.06. The van der Waals surface area contributed by atoms with Gasteiger partial charge in [-0.2, -0.15) is 13.2 Å². The molecule has 101 heavy (non-hydrogen) atoms. The summed E-state index contributed by atoms with van der Waals surface area (Å²) in [6.45, 7) is 6.38. The molecule has 3 heterocycles. The molecule has 6 aliphatic rings. The zero-order chi connectivity index (χ0) is 74.4. The van der Waals surface area contributed by atoms with Gasteiger partial charge in [0, 0.05) is 69.0 Å². The number of aryl methyl sites for hydroxylation is 1. The smallest absolute Gasteiger partial charge is 0.343 e. The highest BCUT2D eigenvalue weighted by molar-refractivity contribution is 6.31. The number of hydrogen-bond acceptors (Lipinski definition) is 12. The molecule has 0 unspecified atom stereocenters. The molecule has 564 valence electrons. The predicted octanol–water partition coefficient (Wildman–Crippen LogP) is 6.42. The molecule has 7 rings (SSSR count). The van der Waals surface area contributed by atoms with E-state index in [0.717, 1.165) is 92.6 Å². The molecule has 1 aromatic carbocycles. The van der Waals surface area contributed by atoms with Crippen molar-refractivity contribution >= 4 is 82.5 Å². The highest BCUT2D eigenvalue weighted by Crippen LogP contribution is 2.37. The van der Waals surface area contributed by atoms with Gasteiger partial charge in [0.2, 0.25) is 70.9 Å². The minimum absolute atomic E-state index is 0.0215. The van der Waals surface area contributed by atoms with E-state index in [-0.39, 0.29) is 75.7 Å². The first-order chi connectivity index (χ1) is 47.6. The number of nitrogens with zero attached hydrogens (tertiary/aromatic N) is 9. The van der Waals surface area contributed by atoms with E-state index in [4.69, 9.17) is 11.6 Å². The Morgan fingerprint density at radius 3 is 1.75 bits per heavy atom. The van der Waals surface area contributed by atoms with E-state index in [2.05, 4.69) is 16.0 Å². The number of amides is 12. The lowest BCUT2D eigenvalue weighted by Gasteiger charge is -2.43. The summed E-state index contributed by atoms with van der Waals surface area (Å²) in [5.74, 6) is -8.37. The summed E-state index contributed by atoms with van der Waals surface area (Å²) in [6, 6.07) is -5.56. The van der Waals surface area contributed by atoms with Crippen LogP contribution in [0.5, 0.6) is 0 Å². The lowest BCUT2D eigenvalue weighted by atomic mass is 9.80. The molecule has 0 radical (unpaired) electrons. The molecule has 1 aromatic rings. The number of halogens is 4. The van der Waals surface area contributed by atoms with Crippen LogP contribution in [0.15, 0.2) is 18.2 Å². The summed E-state index contributed by atoms with van der Waals surface area (Å²) in [6.07, 6.45) is 7.34. The minimum Gasteiger partial charge on any atom is -0.343 e. The maximum atomic E-state index is 15.7. The summed E-state index contributed by atoms with van der Waals surface area (Å²) >= 11 is 6.17. The van der Waals surface area contributed by atoms with Crippen molar-refractivity contribution < 1.29 is 70.7 Å². The maximum Gasteiger partial charge on any atom is 0.417 e. The highest BCUT2D eigenvalue weighted by Gasteiger charge is 2.50. The van der Waals surface area contributed by atoms with E-state index in [0.29, 0.717) is 50.8 Å². The first-order valence-corrected chi connectivity index (χ1v) is 37.2. The Balaban J connectivity index is 1.28. The highest BCUT2D eigenvalue weighted by atomic mass is 35.5. The Kier molecular flexibility index (Phi) is 29.3. The molecule has 1 spiro atoms. The van der Waals surface area contributed by atoms with Crippen LogP contribution in [0.1, 0.15) is 193 Å². The molecule has 3 N–H and O–H groups in total. The van der Waals surface area contributed by atoms with E-state index in [1.54, 1.807) is 18.7 Å². The Bertz CT molecular complexity index is 3130. The van der Waals surface area contributed by atoms with Gasteiger partial charge >= 0.3 is 6.18 Å². The number of carbonyl (C=O) groups is 12. The molecule has 12 amide bonds. The van der Waals surface area contributed by atoms with Crippen LogP contribution in [0.4, 0.5) is 13.2 Å². The number of hydrogen-bond donors (Lipinski definition) is 3. The van der Waals surface area contributed by atoms with Gasteiger partial charge in [0.05, 0.1) is 36.6 Å². The zero-order valence-corrected chi connectivity index (χ0v) is 62.2. The standard InChI is InChI=1S/C73H112ClF3N12O12/c1-46(2)38-56-64(94)79-54(40-48-26-22-27-48)66(96)83(7)44-61(92)81(5)45-62(93)85(9)57(41-49-24-16-14-17-25-49)68(98)82(6)43-59(90)78-53(32-30-50-29-31-51(52(74)39-50)73(75,76)77)67(97)89-37-23-28-55(89)65(95)80-72(33-18-12-13-19-34-72)71(101)87(11)63(47(3)4)70(100)86(10)58(42-60(91)84(56)8)69(99)88-35-20-15-21-36-88/h29,31,39,46-49,53-58,63H,12-28,30,32-38,40-45H2,1-11H3,(H,78,90)(H,79,94)(H,80,95)/t53-,54-,55-,56-,57-,58-,63-/m0/s1. The van der Waals surface area contributed by atoms with E-state index in [1.165, 1.54) is 84.8 Å². The Morgan fingerprint density at radius 2 is 1.16 bits per heavy atom. The Labute approximate surface area is 599 Å². The van der Waals surface area contributed by atoms with Crippen molar-refractivity contribution in [2.24, 2.45) is 23.7 Å². The second-order valence-electron chi connectivity index (χ2n) is 30.4. The van der Waals surface area contributed by atoms with Gasteiger partial charge in [0.15, 0.2) is 0 Å². The average molecular weight is 1440 g/mol. The van der Waals surface area contributed by atoms with E-state index in [1.807, 2.05) is 13.8 Å². The van der Waals surface area contributed by atoms with Crippen molar-refractivity contribution in [3.63, 3.8) is 0 Å². The van der Waals surface area contributed by atoms with Crippen molar-refractivity contribution in [1.29, 1.82) is 0 Å². The number of fused-ring (bicyclic) bond motifs is 1. The van der Waals surface area contributed by atoms with Crippen LogP contribution in [0.3, 0.4) is 0 Å². The molecule has 0 aromatic heterocycles. The average Bonchev–Trinajstić information content (AvgIpc) is 1.76. The van der Waals surface area contributed by atoms with Gasteiger partial charge in [-0.25, -0.2) is 0 Å². The normalized spacial score (nSPS) is 26.5. The third-order valence-electron chi connectivity index (χ3n) is 22.0. The first kappa shape index (κ1) is 81.2. The molecule has 0 bridgehead atoms. The van der Waals surface area contributed by atoms with Crippen molar-refractivity contribution in [2.75, 3.05) is 88.6 Å². The third-order valence-corrected chi connectivity index (χ3v) is 22.3. The van der Waals surface area contributed by atoms with Crippen LogP contribution in [0, 0.1) is 23.7 Å². The number of carbonyl (C=O) groups excluding carboxylic acids is 12. The maximum absolute atomic E-state index is 15.7. The molecular formula is C73H112ClF3N12O12. The SMILES string of the molecule is CC(C)C[C@H]1C(=O)N[C@@H](CC2CCC2)C(=O)N(C)CC(=O)N(C)CC(=O)N(C)[C@@H](CC2CCCCC2)C(=O)N(C)CC(=O)N[C@@H](CCc2ccc(C(F)(F)F)c(Cl)c2)C(=O)N2CCC[C@H]2C(=O)NC2(CCCCCC2)C(=O)N(C)[C@@H](C(C)C)C(=O)N(C)[C@H](C(=O)N2CCCCC2)CC(=O)N1C. The van der Waals surface area contributed by atoms with E-state index >= 15 is 28.8 Å². The third kappa shape index (κ3) is 21.1. The monoisotopic (exact) mass is 1440 g/mol. The number of benzene rings is 1. The van der Waals surface area contributed by atoms with Crippen LogP contribution in [0.25, 0.3) is 0 Å². The number of nitrogens with one attached hydrogen (secondary N) is 3. The van der Waals surface area contributed by atoms with Gasteiger partial charge in [-0.1, -0.05) is 122 Å². The number of piperidine rings is 1. The van der Waals surface area contributed by atoms with E-state index < -0.39 is 167 Å². The van der Waals surface area contributed by atoms with Gasteiger partial charge in [0.25, 0.3) is 0 Å². The fraction of sp³-hybridized carbons (Fsp3) is 0.753. The number of likely N-dealkylation sites (tertiary alicyclic amines) is 1. The van der Waals surface area contributed by atoms with Gasteiger partial charge in [0.1, 0.15) is 47.8 Å². The van der Waals surface area contributed by atoms with Gasteiger partial charge in [-0.05, 0) is 118 Å². The molecule has 3 aliphatic heterocycles. The van der Waals surface area contributed by atoms with E-state index in [9.17, 15) is 41.9 Å². The second kappa shape index (κ2) is 36.4. The molecule has 6 fully saturated rings. The molecule has 28 heteroatoms. The van der Waals surface area contributed by atoms with Crippen LogP contribution < -0.4 is 16.0 Å². The summed E-state index contributed by atoms with van der Waals surface area (Å²) in [5.41, 5.74) is -2.38. The lowest BCUT2D eigenvalue weighted by Crippen LogP contribution is -2.65. The number of rotatable bonds is 11. The quantitative estimate of drug-likeness (QED) is 0.217. The fourth-order valence-corrected chi connectivity index (χ4v) is 15.9. The zero-order valence-electron chi connectivity index (χ0n) is 61.4. The number of likely N-dealkylation sites (N-methyl/N-ethyl adjacent to an activating group) is 7. The fourth-order valence-electron chi connectivity index (χ4n) is 15.6. The summed E-state index contributed by atoms with van der Waals surface area (Å²) < 4.78 is 41.7. The minimum atomic E-state index is -4.76. The summed E-state index contributed by atoms with van der Waals surface area (Å²) in [7, 11) is 9.98. The molecule has 3 saturated carbocycles. The largest absolute Gasteiger partial charge is 0.417 e. The van der Waals surface area contributed by atoms with Crippen LogP contribution in [0.2, 0.25) is 5.02 Å². The van der Waals surface area contributed by atoms with Gasteiger partial charge in [-0.15, -0.1) is 0 Å². The molecule has 3 aliphatic carbocycles. The lowest BCUT2D eigenvalue weighted by molar-refractivity contribution is -0.156. The molecule has 7 atom stereocenters. The Morgan fingerprint density at radius 1 is 0.574 bits per heavy atom. The van der Waals surface area contributed by atoms with Crippen LogP contribution >= 0.6 is 11.6 Å². The molecule has 24 nitrogen and oxygen atoms in total. The van der Waals surface area contributed by atoms with Crippen molar-refractivity contribution in [3.8, 4) is 0 Å². The predicted molar refractivity (Wildman–Crippen MR) is 374 cm³/mol. The summed E-state index contributed by atoms with van der Waals surface area (Å²) in [4.78, 5) is 191.